The first kappa shape index (κ1) is 9.36. The van der Waals surface area contributed by atoms with Crippen LogP contribution in [0.1, 0.15) is 22.3 Å². The minimum atomic E-state index is -0.151. The van der Waals surface area contributed by atoms with Crippen LogP contribution in [0.25, 0.3) is 0 Å². The second kappa shape index (κ2) is 3.51. The zero-order valence-corrected chi connectivity index (χ0v) is 8.95. The summed E-state index contributed by atoms with van der Waals surface area (Å²) >= 11 is 1.44. The fourth-order valence-electron chi connectivity index (χ4n) is 1.27. The third-order valence-corrected chi connectivity index (χ3v) is 2.97. The van der Waals surface area contributed by atoms with Gasteiger partial charge in [-0.25, -0.2) is 0 Å². The van der Waals surface area contributed by atoms with Crippen molar-refractivity contribution in [2.75, 3.05) is 0 Å². The van der Waals surface area contributed by atoms with Gasteiger partial charge in [0.1, 0.15) is 0 Å². The molecule has 1 atom stereocenters. The first-order valence-corrected chi connectivity index (χ1v) is 5.12. The average Bonchev–Trinajstić information content (AvgIpc) is 2.73. The van der Waals surface area contributed by atoms with E-state index < -0.39 is 0 Å². The molecule has 2 aromatic rings. The number of aryl methyl sites for hydroxylation is 2. The van der Waals surface area contributed by atoms with Crippen LogP contribution in [-0.4, -0.2) is 14.2 Å². The van der Waals surface area contributed by atoms with Crippen LogP contribution in [0.2, 0.25) is 0 Å². The average molecular weight is 208 g/mol. The van der Waals surface area contributed by atoms with Crippen LogP contribution >= 0.6 is 11.5 Å². The Morgan fingerprint density at radius 2 is 2.36 bits per heavy atom. The molecule has 0 spiro atoms. The molecule has 0 amide bonds. The second-order valence-electron chi connectivity index (χ2n) is 3.26. The normalized spacial score (nSPS) is 13.1. The molecule has 14 heavy (non-hydrogen) atoms. The highest BCUT2D eigenvalue weighted by atomic mass is 32.1. The highest BCUT2D eigenvalue weighted by Crippen LogP contribution is 2.21. The molecule has 0 aliphatic carbocycles. The fraction of sp³-hybridized carbons (Fsp3) is 0.333. The van der Waals surface area contributed by atoms with Crippen molar-refractivity contribution in [2.24, 2.45) is 12.8 Å². The largest absolute Gasteiger partial charge is 0.318 e. The third kappa shape index (κ3) is 1.69. The molecular formula is C9H12N4S. The highest BCUT2D eigenvalue weighted by molar-refractivity contribution is 7.05. The van der Waals surface area contributed by atoms with Crippen LogP contribution in [0.15, 0.2) is 18.3 Å². The molecule has 0 radical (unpaired) electrons. The molecule has 2 aromatic heterocycles. The topological polar surface area (TPSA) is 56.7 Å². The molecule has 0 aliphatic rings. The van der Waals surface area contributed by atoms with Gasteiger partial charge < -0.3 is 5.73 Å². The van der Waals surface area contributed by atoms with Gasteiger partial charge in [-0.2, -0.15) is 9.47 Å². The summed E-state index contributed by atoms with van der Waals surface area (Å²) in [5.41, 5.74) is 7.93. The summed E-state index contributed by atoms with van der Waals surface area (Å²) in [6, 6.07) is 3.78. The van der Waals surface area contributed by atoms with Gasteiger partial charge in [-0.15, -0.1) is 0 Å². The van der Waals surface area contributed by atoms with Crippen LogP contribution in [0.4, 0.5) is 0 Å². The maximum absolute atomic E-state index is 6.04. The van der Waals surface area contributed by atoms with Gasteiger partial charge in [-0.1, -0.05) is 0 Å². The fourth-order valence-corrected chi connectivity index (χ4v) is 2.03. The predicted octanol–water partition coefficient (Wildman–Crippen LogP) is 1.23. The number of nitrogens with zero attached hydrogens (tertiary/aromatic N) is 3. The summed E-state index contributed by atoms with van der Waals surface area (Å²) < 4.78 is 5.95. The minimum absolute atomic E-state index is 0.151. The van der Waals surface area contributed by atoms with E-state index in [2.05, 4.69) is 9.47 Å². The molecule has 2 rings (SSSR count). The van der Waals surface area contributed by atoms with E-state index in [0.717, 1.165) is 16.3 Å². The Bertz CT molecular complexity index is 391. The van der Waals surface area contributed by atoms with Gasteiger partial charge in [-0.3, -0.25) is 4.68 Å². The van der Waals surface area contributed by atoms with E-state index >= 15 is 0 Å². The first-order valence-electron chi connectivity index (χ1n) is 4.35. The number of hydrogen-bond donors (Lipinski definition) is 1. The van der Waals surface area contributed by atoms with Crippen LogP contribution in [-0.2, 0) is 7.05 Å². The lowest BCUT2D eigenvalue weighted by molar-refractivity contribution is 0.720. The summed E-state index contributed by atoms with van der Waals surface area (Å²) in [4.78, 5) is 1.06. The molecule has 2 heterocycles. The van der Waals surface area contributed by atoms with E-state index in [-0.39, 0.29) is 6.04 Å². The van der Waals surface area contributed by atoms with E-state index in [1.165, 1.54) is 11.5 Å². The minimum Gasteiger partial charge on any atom is -0.318 e. The number of aromatic nitrogens is 3. The quantitative estimate of drug-likeness (QED) is 0.807. The van der Waals surface area contributed by atoms with Gasteiger partial charge in [0.2, 0.25) is 0 Å². The van der Waals surface area contributed by atoms with Crippen molar-refractivity contribution < 1.29 is 0 Å². The predicted molar refractivity (Wildman–Crippen MR) is 56.1 cm³/mol. The third-order valence-electron chi connectivity index (χ3n) is 2.01. The molecule has 4 nitrogen and oxygen atoms in total. The molecular weight excluding hydrogens is 196 g/mol. The van der Waals surface area contributed by atoms with Crippen molar-refractivity contribution in [1.82, 2.24) is 14.2 Å². The standard InChI is InChI=1S/C9H12N4S/c1-6-5-8(14-12-6)9(10)7-3-4-13(2)11-7/h3-5,9H,10H2,1-2H3. The Balaban J connectivity index is 2.28. The maximum atomic E-state index is 6.04. The van der Waals surface area contributed by atoms with Crippen LogP contribution in [0.3, 0.4) is 0 Å². The van der Waals surface area contributed by atoms with Gasteiger partial charge in [0.05, 0.1) is 17.4 Å². The molecule has 0 bridgehead atoms. The summed E-state index contributed by atoms with van der Waals surface area (Å²) in [5.74, 6) is 0. The number of rotatable bonds is 2. The van der Waals surface area contributed by atoms with Crippen molar-refractivity contribution in [3.05, 3.63) is 34.6 Å². The van der Waals surface area contributed by atoms with Crippen molar-refractivity contribution >= 4 is 11.5 Å². The molecule has 0 saturated heterocycles. The first-order chi connectivity index (χ1) is 6.66. The van der Waals surface area contributed by atoms with E-state index in [4.69, 9.17) is 5.73 Å². The Labute approximate surface area is 86.5 Å². The maximum Gasteiger partial charge on any atom is 0.0854 e. The molecule has 1 unspecified atom stereocenters. The van der Waals surface area contributed by atoms with Gasteiger partial charge in [0.25, 0.3) is 0 Å². The van der Waals surface area contributed by atoms with Crippen molar-refractivity contribution in [2.45, 2.75) is 13.0 Å². The molecule has 74 valence electrons. The molecule has 0 aliphatic heterocycles. The SMILES string of the molecule is Cc1cc(C(N)c2ccn(C)n2)sn1. The molecule has 0 aromatic carbocycles. The zero-order chi connectivity index (χ0) is 10.1. The van der Waals surface area contributed by atoms with Crippen LogP contribution in [0.5, 0.6) is 0 Å². The van der Waals surface area contributed by atoms with E-state index in [1.807, 2.05) is 32.3 Å². The van der Waals surface area contributed by atoms with Crippen molar-refractivity contribution in [3.8, 4) is 0 Å². The zero-order valence-electron chi connectivity index (χ0n) is 8.14. The number of nitrogens with two attached hydrogens (primary N) is 1. The van der Waals surface area contributed by atoms with E-state index in [9.17, 15) is 0 Å². The summed E-state index contributed by atoms with van der Waals surface area (Å²) in [6.07, 6.45) is 1.89. The summed E-state index contributed by atoms with van der Waals surface area (Å²) in [6.45, 7) is 1.96. The lowest BCUT2D eigenvalue weighted by Crippen LogP contribution is -2.11. The van der Waals surface area contributed by atoms with Crippen molar-refractivity contribution in [1.29, 1.82) is 0 Å². The van der Waals surface area contributed by atoms with Crippen molar-refractivity contribution in [3.63, 3.8) is 0 Å². The Kier molecular flexibility index (Phi) is 2.35. The van der Waals surface area contributed by atoms with Gasteiger partial charge in [-0.05, 0) is 30.6 Å². The molecule has 5 heteroatoms. The Morgan fingerprint density at radius 1 is 1.57 bits per heavy atom. The molecule has 0 fully saturated rings. The lowest BCUT2D eigenvalue weighted by atomic mass is 10.2. The second-order valence-corrected chi connectivity index (χ2v) is 4.10. The highest BCUT2D eigenvalue weighted by Gasteiger charge is 2.13. The smallest absolute Gasteiger partial charge is 0.0854 e. The Hall–Kier alpha value is -1.20. The molecule has 2 N–H and O–H groups in total. The molecule has 0 saturated carbocycles. The van der Waals surface area contributed by atoms with Gasteiger partial charge >= 0.3 is 0 Å². The monoisotopic (exact) mass is 208 g/mol. The van der Waals surface area contributed by atoms with E-state index in [1.54, 1.807) is 4.68 Å². The Morgan fingerprint density at radius 3 is 2.86 bits per heavy atom. The van der Waals surface area contributed by atoms with Gasteiger partial charge in [0, 0.05) is 18.1 Å². The summed E-state index contributed by atoms with van der Waals surface area (Å²) in [7, 11) is 1.88. The lowest BCUT2D eigenvalue weighted by Gasteiger charge is -2.03. The number of hydrogen-bond acceptors (Lipinski definition) is 4. The summed E-state index contributed by atoms with van der Waals surface area (Å²) in [5, 5.41) is 4.27. The van der Waals surface area contributed by atoms with Crippen LogP contribution in [0, 0.1) is 6.92 Å². The van der Waals surface area contributed by atoms with Crippen LogP contribution < -0.4 is 5.73 Å². The van der Waals surface area contributed by atoms with Gasteiger partial charge in [0.15, 0.2) is 0 Å². The van der Waals surface area contributed by atoms with E-state index in [0.29, 0.717) is 0 Å².